The normalized spacial score (nSPS) is 23.2. The molecule has 3 aliphatic heterocycles. The number of carbonyl (C=O) groups is 17. The van der Waals surface area contributed by atoms with Crippen molar-refractivity contribution in [3.8, 4) is 11.5 Å². The van der Waals surface area contributed by atoms with E-state index in [9.17, 15) is 63.2 Å². The van der Waals surface area contributed by atoms with Crippen LogP contribution in [0.25, 0.3) is 10.9 Å². The Labute approximate surface area is 791 Å². The number of aromatic hydroxyl groups is 2. The first-order valence-electron chi connectivity index (χ1n) is 45.0. The summed E-state index contributed by atoms with van der Waals surface area (Å²) in [6.45, 7) is 3.81. The molecule has 13 atom stereocenters. The summed E-state index contributed by atoms with van der Waals surface area (Å²) in [7, 11) is 3.71. The highest BCUT2D eigenvalue weighted by Gasteiger charge is 2.47. The molecule has 0 spiro atoms. The fraction of sp³-hybridized carbons (Fsp3) is 0.427. The number of para-hydroxylation sites is 1. The van der Waals surface area contributed by atoms with Gasteiger partial charge in [-0.2, -0.15) is 0 Å². The lowest BCUT2D eigenvalue weighted by atomic mass is 9.98. The Morgan fingerprint density at radius 3 is 1.52 bits per heavy atom. The first kappa shape index (κ1) is 105. The molecule has 732 valence electrons. The molecule has 1 aromatic heterocycles. The number of fused-ring (bicyclic) bond motifs is 3. The molecule has 0 unspecified atom stereocenters. The molecule has 3 fully saturated rings. The van der Waals surface area contributed by atoms with E-state index >= 15 is 51.9 Å². The lowest BCUT2D eigenvalue weighted by molar-refractivity contribution is -0.152. The number of thioether (sulfide) groups is 1. The predicted octanol–water partition coefficient (Wildman–Crippen LogP) is 2.63. The number of aromatic amines is 1. The van der Waals surface area contributed by atoms with Crippen LogP contribution in [0.1, 0.15) is 118 Å². The molecular weight excluding hydrogens is 1800 g/mol. The van der Waals surface area contributed by atoms with E-state index in [2.05, 4.69) is 52.8 Å². The number of carbonyl (C=O) groups excluding carboxylic acids is 15. The van der Waals surface area contributed by atoms with Crippen LogP contribution < -0.4 is 53.6 Å². The minimum atomic E-state index is -1.96. The van der Waals surface area contributed by atoms with Gasteiger partial charge in [0.2, 0.25) is 88.6 Å². The molecule has 6 aromatic carbocycles. The molecule has 15 amide bonds. The van der Waals surface area contributed by atoms with Crippen molar-refractivity contribution in [2.24, 2.45) is 11.7 Å². The topological polar surface area (TPSA) is 537 Å². The van der Waals surface area contributed by atoms with Gasteiger partial charge in [-0.25, -0.2) is 13.2 Å². The number of nitrogens with zero attached hydrogens (tertiary/aromatic N) is 5. The largest absolute Gasteiger partial charge is 0.508 e. The van der Waals surface area contributed by atoms with Gasteiger partial charge in [0.1, 0.15) is 90.0 Å². The second kappa shape index (κ2) is 49.2. The van der Waals surface area contributed by atoms with Crippen molar-refractivity contribution in [1.82, 2.24) is 77.3 Å². The summed E-state index contributed by atoms with van der Waals surface area (Å²) >= 11 is 0.588. The number of aromatic nitrogens is 1. The minimum Gasteiger partial charge on any atom is -0.508 e. The zero-order valence-electron chi connectivity index (χ0n) is 76.5. The van der Waals surface area contributed by atoms with Gasteiger partial charge in [0, 0.05) is 102 Å². The Morgan fingerprint density at radius 2 is 0.956 bits per heavy atom. The van der Waals surface area contributed by atoms with Gasteiger partial charge >= 0.3 is 11.9 Å². The third-order valence-corrected chi connectivity index (χ3v) is 25.4. The van der Waals surface area contributed by atoms with Crippen molar-refractivity contribution in [3.63, 3.8) is 0 Å². The summed E-state index contributed by atoms with van der Waals surface area (Å²) in [5.41, 5.74) is 7.64. The van der Waals surface area contributed by atoms with Crippen molar-refractivity contribution < 1.29 is 115 Å². The highest BCUT2D eigenvalue weighted by molar-refractivity contribution is 8.00. The number of hydrogen-bond donors (Lipinski definition) is 15. The maximum absolute atomic E-state index is 15.8. The van der Waals surface area contributed by atoms with E-state index in [1.54, 1.807) is 112 Å². The number of H-pyrrole nitrogens is 1. The van der Waals surface area contributed by atoms with Crippen LogP contribution in [0, 0.1) is 23.4 Å². The molecule has 10 rings (SSSR count). The van der Waals surface area contributed by atoms with Gasteiger partial charge in [0.05, 0.1) is 18.7 Å². The first-order valence-corrected chi connectivity index (χ1v) is 46.2. The van der Waals surface area contributed by atoms with Crippen LogP contribution in [0.2, 0.25) is 0 Å². The van der Waals surface area contributed by atoms with Crippen molar-refractivity contribution in [2.45, 2.75) is 202 Å². The van der Waals surface area contributed by atoms with E-state index in [-0.39, 0.29) is 94.4 Å². The number of primary amides is 1. The summed E-state index contributed by atoms with van der Waals surface area (Å²) in [4.78, 5) is 259. The Bertz CT molecular complexity index is 5530. The number of amides is 15. The van der Waals surface area contributed by atoms with E-state index in [4.69, 9.17) is 5.73 Å². The predicted molar refractivity (Wildman–Crippen MR) is 494 cm³/mol. The van der Waals surface area contributed by atoms with Crippen molar-refractivity contribution in [2.75, 3.05) is 52.3 Å². The number of likely N-dealkylation sites (N-methyl/N-ethyl adjacent to an activating group) is 3. The zero-order valence-corrected chi connectivity index (χ0v) is 77.3. The van der Waals surface area contributed by atoms with E-state index in [0.717, 1.165) is 14.7 Å². The Kier molecular flexibility index (Phi) is 37.6. The Hall–Kier alpha value is -14.4. The fourth-order valence-electron chi connectivity index (χ4n) is 16.8. The summed E-state index contributed by atoms with van der Waals surface area (Å²) in [5.74, 6) is -26.4. The smallest absolute Gasteiger partial charge is 0.305 e. The third kappa shape index (κ3) is 28.8. The molecule has 16 N–H and O–H groups in total. The quantitative estimate of drug-likeness (QED) is 0.0387. The average molecular weight is 1920 g/mol. The number of nitrogens with one attached hydrogen (secondary N) is 10. The highest BCUT2D eigenvalue weighted by atomic mass is 32.2. The van der Waals surface area contributed by atoms with Crippen LogP contribution in [0.3, 0.4) is 0 Å². The van der Waals surface area contributed by atoms with Crippen LogP contribution in [0.4, 0.5) is 13.2 Å². The first-order chi connectivity index (χ1) is 65.3. The molecule has 0 radical (unpaired) electrons. The van der Waals surface area contributed by atoms with Gasteiger partial charge in [0.25, 0.3) is 0 Å². The van der Waals surface area contributed by atoms with Gasteiger partial charge in [-0.05, 0) is 120 Å². The van der Waals surface area contributed by atoms with E-state index < -0.39 is 258 Å². The summed E-state index contributed by atoms with van der Waals surface area (Å²) in [5, 5.41) is 65.1. The van der Waals surface area contributed by atoms with Gasteiger partial charge in [-0.3, -0.25) is 81.5 Å². The van der Waals surface area contributed by atoms with E-state index in [0.29, 0.717) is 63.5 Å². The average Bonchev–Trinajstić information content (AvgIpc) is 1.76. The number of nitrogens with two attached hydrogens (primary N) is 1. The number of unbranched alkanes of at least 4 members (excludes halogenated alkanes) is 1. The standard InChI is InChI=1S/C96H115F3N16O21S/c1-7-8-25-75-95(135)115-39-18-27-74(115)90(130)107-69(48-81(122)123)88(128)110-83(53(2)3)96(136)112(5)76(45-54-19-11-9-12-20-54)91(131)108-71(43-57-30-34-61(117)35-31-57)93(133)114-38-17-26-73(114)89(129)106-68(47-59-49-101-65-24-16-15-23-62(59)65)87(127)105-67(42-56-28-32-60(116)33-29-56)86(126)104-66(36-37-80(120)121)85(125)109-72(84(124)102-50-78(100)118)51-137-52-79(119)103-70(44-58-40-63(97)82(99)64(98)41-58)92(132)113(6)77(94(134)111(75)4)46-55-21-13-10-14-22-55/h9-16,19-24,28-35,40-41,49,53,66-77,83,101,116-117H,7-8,17-18,25-27,36-39,42-48,50-52H2,1-6H3,(H2,100,118)(H,102,124)(H,103,119)(H,104,126)(H,105,127)(H,106,129)(H,107,130)(H,108,131)(H,109,125)(H,110,128)(H,120,121)(H,122,123)/t66-,67+,68+,69+,70-,71+,72+,73-,74-,75+,76-,77+,83+/m1/s1. The van der Waals surface area contributed by atoms with Gasteiger partial charge < -0.3 is 103 Å². The number of phenolic OH excluding ortho intramolecular Hbond substituents is 2. The van der Waals surface area contributed by atoms with Crippen LogP contribution >= 0.6 is 11.8 Å². The van der Waals surface area contributed by atoms with Gasteiger partial charge in [-0.15, -0.1) is 11.8 Å². The molecule has 0 aliphatic carbocycles. The number of carboxylic acid groups (broad SMARTS) is 2. The van der Waals surface area contributed by atoms with Crippen LogP contribution in [0.15, 0.2) is 152 Å². The minimum absolute atomic E-state index is 0.0377. The van der Waals surface area contributed by atoms with Crippen LogP contribution in [-0.2, 0) is 120 Å². The molecular formula is C96H115F3N16O21S. The molecule has 7 aromatic rings. The summed E-state index contributed by atoms with van der Waals surface area (Å²) in [6, 6.07) is 13.7. The number of benzene rings is 6. The second-order valence-electron chi connectivity index (χ2n) is 34.6. The maximum Gasteiger partial charge on any atom is 0.305 e. The molecule has 4 heterocycles. The molecule has 0 saturated carbocycles. The molecule has 37 nitrogen and oxygen atoms in total. The molecule has 3 aliphatic rings. The monoisotopic (exact) mass is 1920 g/mol. The van der Waals surface area contributed by atoms with Gasteiger partial charge in [0.15, 0.2) is 17.5 Å². The number of hydrogen-bond acceptors (Lipinski definition) is 20. The van der Waals surface area contributed by atoms with Crippen molar-refractivity contribution in [1.29, 1.82) is 0 Å². The highest BCUT2D eigenvalue weighted by Crippen LogP contribution is 2.29. The van der Waals surface area contributed by atoms with Crippen molar-refractivity contribution >= 4 is 123 Å². The maximum atomic E-state index is 15.8. The second-order valence-corrected chi connectivity index (χ2v) is 35.7. The zero-order chi connectivity index (χ0) is 99.6. The van der Waals surface area contributed by atoms with E-state index in [1.165, 1.54) is 79.5 Å². The lowest BCUT2D eigenvalue weighted by Gasteiger charge is -2.38. The lowest BCUT2D eigenvalue weighted by Crippen LogP contribution is -2.62. The number of phenols is 2. The van der Waals surface area contributed by atoms with Crippen molar-refractivity contribution in [3.05, 3.63) is 203 Å². The molecule has 3 saturated heterocycles. The number of aliphatic carboxylic acids is 2. The number of rotatable bonds is 24. The Morgan fingerprint density at radius 1 is 0.482 bits per heavy atom. The fourth-order valence-corrected chi connectivity index (χ4v) is 17.7. The van der Waals surface area contributed by atoms with Crippen LogP contribution in [-0.4, -0.2) is 281 Å². The van der Waals surface area contributed by atoms with Crippen LogP contribution in [0.5, 0.6) is 11.5 Å². The number of carboxylic acids is 2. The van der Waals surface area contributed by atoms with Gasteiger partial charge in [-0.1, -0.05) is 137 Å². The summed E-state index contributed by atoms with van der Waals surface area (Å²) in [6.07, 6.45) is -2.67. The van der Waals surface area contributed by atoms with E-state index in [1.807, 2.05) is 0 Å². The third-order valence-electron chi connectivity index (χ3n) is 24.3. The molecule has 137 heavy (non-hydrogen) atoms. The number of halogens is 3. The SMILES string of the molecule is CCCC[C@H]1C(=O)N2CCC[C@@H]2C(=O)N[C@@H](CC(=O)O)C(=O)N[C@@H](C(C)C)C(=O)N(C)[C@H](Cc2ccccc2)C(=O)N[C@@H](Cc2ccc(O)cc2)C(=O)N2CCC[C@@H]2C(=O)N[C@@H](Cc2c[nH]c3ccccc23)C(=O)N[C@@H](Cc2ccc(O)cc2)C(=O)N[C@H](CCC(=O)O)C(=O)N[C@H](C(=O)NCC(N)=O)CSCC(=O)N[C@H](Cc2cc(F)c(F)c(F)c2)C(=O)N(C)[C@@H](Cc2ccccc2)C(=O)N1C. The summed E-state index contributed by atoms with van der Waals surface area (Å²) < 4.78 is 45.1. The molecule has 0 bridgehead atoms. The Balaban J connectivity index is 1.06. The molecule has 41 heteroatoms.